The van der Waals surface area contributed by atoms with Crippen molar-refractivity contribution in [2.75, 3.05) is 43.2 Å². The number of carbonyl (C=O) groups excluding carboxylic acids is 2. The van der Waals surface area contributed by atoms with Gasteiger partial charge in [-0.05, 0) is 42.7 Å². The number of ether oxygens (including phenoxy) is 2. The normalized spacial score (nSPS) is 21.6. The fourth-order valence-corrected chi connectivity index (χ4v) is 5.19. The van der Waals surface area contributed by atoms with Crippen LogP contribution in [-0.4, -0.2) is 56.3 Å². The molecular weight excluding hydrogens is 394 g/mol. The number of likely N-dealkylation sites (tertiary alicyclic amines) is 1. The number of rotatable bonds is 4. The van der Waals surface area contributed by atoms with Crippen molar-refractivity contribution in [1.82, 2.24) is 4.90 Å². The van der Waals surface area contributed by atoms with Crippen LogP contribution in [0.4, 0.5) is 16.2 Å². The highest BCUT2D eigenvalue weighted by atomic mass is 16.6. The molecule has 1 fully saturated rings. The van der Waals surface area contributed by atoms with Crippen LogP contribution in [0, 0.1) is 0 Å². The van der Waals surface area contributed by atoms with E-state index >= 15 is 0 Å². The van der Waals surface area contributed by atoms with E-state index in [-0.39, 0.29) is 24.0 Å². The van der Waals surface area contributed by atoms with Crippen LogP contribution in [0.15, 0.2) is 42.5 Å². The third kappa shape index (κ3) is 3.28. The number of amides is 2. The Morgan fingerprint density at radius 3 is 2.71 bits per heavy atom. The lowest BCUT2D eigenvalue weighted by molar-refractivity contribution is -0.117. The molecule has 7 heteroatoms. The lowest BCUT2D eigenvalue weighted by Gasteiger charge is -2.41. The Hall–Kier alpha value is -3.22. The molecule has 162 valence electrons. The first kappa shape index (κ1) is 19.7. The minimum Gasteiger partial charge on any atom is -0.497 e. The van der Waals surface area contributed by atoms with E-state index in [1.54, 1.807) is 12.0 Å². The number of fused-ring (bicyclic) bond motifs is 3. The summed E-state index contributed by atoms with van der Waals surface area (Å²) in [6.07, 6.45) is 0.591. The molecule has 5 rings (SSSR count). The van der Waals surface area contributed by atoms with Gasteiger partial charge in [-0.15, -0.1) is 0 Å². The largest absolute Gasteiger partial charge is 0.497 e. The molecule has 3 aliphatic heterocycles. The third-order valence-electron chi connectivity index (χ3n) is 6.63. The molecular formula is C24H27N3O4. The zero-order chi connectivity index (χ0) is 21.5. The molecule has 0 spiro atoms. The number of para-hydroxylation sites is 1. The molecule has 2 aromatic rings. The van der Waals surface area contributed by atoms with Gasteiger partial charge in [0.2, 0.25) is 5.91 Å². The summed E-state index contributed by atoms with van der Waals surface area (Å²) in [5, 5.41) is 0. The molecule has 1 saturated heterocycles. The molecule has 2 atom stereocenters. The minimum absolute atomic E-state index is 0.106. The predicted molar refractivity (Wildman–Crippen MR) is 118 cm³/mol. The first-order valence-electron chi connectivity index (χ1n) is 10.8. The van der Waals surface area contributed by atoms with Gasteiger partial charge in [0.1, 0.15) is 5.75 Å². The van der Waals surface area contributed by atoms with Crippen LogP contribution in [0.5, 0.6) is 5.75 Å². The summed E-state index contributed by atoms with van der Waals surface area (Å²) in [6, 6.07) is 14.3. The van der Waals surface area contributed by atoms with Crippen LogP contribution >= 0.6 is 0 Å². The molecule has 0 N–H and O–H groups in total. The van der Waals surface area contributed by atoms with Gasteiger partial charge in [-0.2, -0.15) is 0 Å². The maximum Gasteiger partial charge on any atom is 0.409 e. The number of hydrogen-bond donors (Lipinski definition) is 0. The number of methoxy groups -OCH3 is 1. The van der Waals surface area contributed by atoms with E-state index in [9.17, 15) is 9.59 Å². The molecule has 0 unspecified atom stereocenters. The van der Waals surface area contributed by atoms with Crippen molar-refractivity contribution in [3.63, 3.8) is 0 Å². The fraction of sp³-hybridized carbons (Fsp3) is 0.417. The van der Waals surface area contributed by atoms with Crippen LogP contribution < -0.4 is 14.5 Å². The summed E-state index contributed by atoms with van der Waals surface area (Å²) in [4.78, 5) is 31.4. The molecule has 0 aliphatic carbocycles. The van der Waals surface area contributed by atoms with Crippen LogP contribution in [0.25, 0.3) is 0 Å². The minimum atomic E-state index is -0.246. The molecule has 3 aliphatic rings. The van der Waals surface area contributed by atoms with Gasteiger partial charge in [0, 0.05) is 25.0 Å². The highest BCUT2D eigenvalue weighted by molar-refractivity contribution is 6.05. The van der Waals surface area contributed by atoms with Gasteiger partial charge < -0.3 is 24.2 Å². The standard InChI is InChI=1S/C24H27N3O4/c1-3-31-24(29)25-12-11-20-19(14-25)18-5-4-6-21-23(18)27(20)15-22(28)26(21)13-16-7-9-17(30-2)10-8-16/h4-10,19-20H,3,11-15H2,1-2H3/t19-,20+/m1/s1. The number of nitrogens with zero attached hydrogens (tertiary/aromatic N) is 3. The van der Waals surface area contributed by atoms with Crippen LogP contribution in [0.1, 0.15) is 30.4 Å². The van der Waals surface area contributed by atoms with Crippen molar-refractivity contribution in [1.29, 1.82) is 0 Å². The monoisotopic (exact) mass is 421 g/mol. The molecule has 31 heavy (non-hydrogen) atoms. The number of piperidine rings is 1. The Morgan fingerprint density at radius 2 is 1.97 bits per heavy atom. The first-order valence-corrected chi connectivity index (χ1v) is 10.8. The molecule has 7 nitrogen and oxygen atoms in total. The quantitative estimate of drug-likeness (QED) is 0.758. The zero-order valence-corrected chi connectivity index (χ0v) is 17.9. The van der Waals surface area contributed by atoms with E-state index in [1.807, 2.05) is 48.2 Å². The molecule has 2 aromatic carbocycles. The van der Waals surface area contributed by atoms with Crippen molar-refractivity contribution in [2.24, 2.45) is 0 Å². The van der Waals surface area contributed by atoms with E-state index in [4.69, 9.17) is 9.47 Å². The second kappa shape index (κ2) is 7.80. The summed E-state index contributed by atoms with van der Waals surface area (Å²) in [5.41, 5.74) is 4.39. The average Bonchev–Trinajstić information content (AvgIpc) is 3.11. The molecule has 3 heterocycles. The van der Waals surface area contributed by atoms with Gasteiger partial charge in [-0.3, -0.25) is 4.79 Å². The Kier molecular flexibility index (Phi) is 4.96. The summed E-state index contributed by atoms with van der Waals surface area (Å²) in [5.74, 6) is 1.10. The van der Waals surface area contributed by atoms with Crippen molar-refractivity contribution in [2.45, 2.75) is 31.8 Å². The van der Waals surface area contributed by atoms with Crippen LogP contribution in [0.3, 0.4) is 0 Å². The van der Waals surface area contributed by atoms with E-state index in [2.05, 4.69) is 11.0 Å². The highest BCUT2D eigenvalue weighted by Gasteiger charge is 2.47. The predicted octanol–water partition coefficient (Wildman–Crippen LogP) is 3.38. The average molecular weight is 421 g/mol. The van der Waals surface area contributed by atoms with E-state index < -0.39 is 0 Å². The fourth-order valence-electron chi connectivity index (χ4n) is 5.19. The number of carbonyl (C=O) groups is 2. The summed E-state index contributed by atoms with van der Waals surface area (Å²) < 4.78 is 10.5. The summed E-state index contributed by atoms with van der Waals surface area (Å²) in [7, 11) is 1.65. The SMILES string of the molecule is CCOC(=O)N1CC[C@H]2[C@H](C1)c1cccc3c1N2CC(=O)N3Cc1ccc(OC)cc1. The molecule has 0 saturated carbocycles. The van der Waals surface area contributed by atoms with Crippen molar-refractivity contribution in [3.8, 4) is 5.75 Å². The number of benzene rings is 2. The highest BCUT2D eigenvalue weighted by Crippen LogP contribution is 2.51. The van der Waals surface area contributed by atoms with Crippen LogP contribution in [0.2, 0.25) is 0 Å². The zero-order valence-electron chi connectivity index (χ0n) is 17.9. The van der Waals surface area contributed by atoms with Gasteiger partial charge >= 0.3 is 6.09 Å². The second-order valence-electron chi connectivity index (χ2n) is 8.28. The molecule has 0 radical (unpaired) electrons. The van der Waals surface area contributed by atoms with Crippen molar-refractivity contribution >= 4 is 23.4 Å². The lowest BCUT2D eigenvalue weighted by atomic mass is 9.89. The maximum atomic E-state index is 13.2. The van der Waals surface area contributed by atoms with E-state index in [0.29, 0.717) is 32.8 Å². The topological polar surface area (TPSA) is 62.3 Å². The number of anilines is 2. The van der Waals surface area contributed by atoms with Gasteiger partial charge in [0.25, 0.3) is 0 Å². The van der Waals surface area contributed by atoms with Gasteiger partial charge in [0.05, 0.1) is 38.2 Å². The van der Waals surface area contributed by atoms with Gasteiger partial charge in [-0.25, -0.2) is 4.79 Å². The van der Waals surface area contributed by atoms with Crippen molar-refractivity contribution in [3.05, 3.63) is 53.6 Å². The smallest absolute Gasteiger partial charge is 0.409 e. The second-order valence-corrected chi connectivity index (χ2v) is 8.28. The first-order chi connectivity index (χ1) is 15.1. The molecule has 2 amide bonds. The van der Waals surface area contributed by atoms with E-state index in [0.717, 1.165) is 29.1 Å². The van der Waals surface area contributed by atoms with Gasteiger partial charge in [-0.1, -0.05) is 24.3 Å². The van der Waals surface area contributed by atoms with Crippen LogP contribution in [-0.2, 0) is 16.1 Å². The molecule has 0 bridgehead atoms. The third-order valence-corrected chi connectivity index (χ3v) is 6.63. The maximum absolute atomic E-state index is 13.2. The van der Waals surface area contributed by atoms with Crippen molar-refractivity contribution < 1.29 is 19.1 Å². The van der Waals surface area contributed by atoms with E-state index in [1.165, 1.54) is 5.56 Å². The Balaban J connectivity index is 1.45. The van der Waals surface area contributed by atoms with Gasteiger partial charge in [0.15, 0.2) is 0 Å². The lowest BCUT2D eigenvalue weighted by Crippen LogP contribution is -2.52. The Labute approximate surface area is 182 Å². The summed E-state index contributed by atoms with van der Waals surface area (Å²) in [6.45, 7) is 4.39. The Bertz CT molecular complexity index is 1010. The summed E-state index contributed by atoms with van der Waals surface area (Å²) >= 11 is 0. The Morgan fingerprint density at radius 1 is 1.16 bits per heavy atom. The number of hydrogen-bond acceptors (Lipinski definition) is 5. The molecule has 0 aromatic heterocycles.